The first-order chi connectivity index (χ1) is 37.1. The van der Waals surface area contributed by atoms with Crippen LogP contribution in [-0.2, 0) is 23.7 Å². The molecule has 76 heavy (non-hydrogen) atoms. The molecule has 2 saturated heterocycles. The lowest BCUT2D eigenvalue weighted by atomic mass is 9.97. The number of unbranched alkanes of at least 4 members (excludes halogenated alkanes) is 22. The van der Waals surface area contributed by atoms with Crippen molar-refractivity contribution in [1.29, 1.82) is 0 Å². The Balaban J connectivity index is 1.78. The summed E-state index contributed by atoms with van der Waals surface area (Å²) in [5.41, 5.74) is 0. The number of hydrogen-bond donors (Lipinski definition) is 9. The van der Waals surface area contributed by atoms with Crippen LogP contribution in [0, 0.1) is 0 Å². The predicted octanol–water partition coefficient (Wildman–Crippen LogP) is 10.3. The van der Waals surface area contributed by atoms with Crippen molar-refractivity contribution < 1.29 is 64.6 Å². The second-order valence-electron chi connectivity index (χ2n) is 21.1. The number of aliphatic hydroxyl groups excluding tert-OH is 8. The van der Waals surface area contributed by atoms with Crippen LogP contribution >= 0.6 is 0 Å². The third-order valence-electron chi connectivity index (χ3n) is 14.4. The lowest BCUT2D eigenvalue weighted by Gasteiger charge is -2.46. The standard InChI is InChI=1S/C62H109NO13/c1-3-5-7-9-11-13-15-17-19-21-23-24-25-26-28-29-31-33-35-37-39-41-43-45-51(66)50(63-54(67)46-44-42-40-38-36-34-32-30-27-22-20-18-16-14-12-10-8-6-4-2)49-73-61-59(72)57(70)60(53(48-65)75-61)76-62-58(71)56(69)55(68)52(47-64)74-62/h6,8,12,14,18,20,27,30,34,36,40,42,50-53,55-62,64-66,68-72H,3-5,7,9-11,13,15-17,19,21-26,28-29,31-33,35,37-39,41,43-49H2,1-2H3,(H,63,67)/b8-6-,14-12-,20-18-,30-27-,36-34-,42-40-. The quantitative estimate of drug-likeness (QED) is 0.0204. The molecule has 12 atom stereocenters. The highest BCUT2D eigenvalue weighted by Crippen LogP contribution is 2.30. The summed E-state index contributed by atoms with van der Waals surface area (Å²) in [5, 5.41) is 87.2. The lowest BCUT2D eigenvalue weighted by molar-refractivity contribution is -0.359. The van der Waals surface area contributed by atoms with Gasteiger partial charge in [-0.1, -0.05) is 234 Å². The predicted molar refractivity (Wildman–Crippen MR) is 304 cm³/mol. The Bertz CT molecular complexity index is 1550. The fraction of sp³-hybridized carbons (Fsp3) is 0.790. The van der Waals surface area contributed by atoms with Crippen LogP contribution in [-0.4, -0.2) is 140 Å². The summed E-state index contributed by atoms with van der Waals surface area (Å²) >= 11 is 0. The van der Waals surface area contributed by atoms with Crippen molar-refractivity contribution >= 4 is 5.91 Å². The molecule has 12 unspecified atom stereocenters. The van der Waals surface area contributed by atoms with Crippen LogP contribution in [0.2, 0.25) is 0 Å². The van der Waals surface area contributed by atoms with E-state index in [9.17, 15) is 45.6 Å². The summed E-state index contributed by atoms with van der Waals surface area (Å²) in [6.07, 6.45) is 44.9. The summed E-state index contributed by atoms with van der Waals surface area (Å²) in [5.74, 6) is -0.289. The topological polar surface area (TPSA) is 228 Å². The molecule has 14 nitrogen and oxygen atoms in total. The van der Waals surface area contributed by atoms with Gasteiger partial charge in [-0.15, -0.1) is 0 Å². The van der Waals surface area contributed by atoms with Crippen molar-refractivity contribution in [3.8, 4) is 0 Å². The number of carbonyl (C=O) groups is 1. The maximum Gasteiger partial charge on any atom is 0.220 e. The van der Waals surface area contributed by atoms with Gasteiger partial charge in [-0.05, 0) is 51.4 Å². The van der Waals surface area contributed by atoms with Crippen LogP contribution in [0.15, 0.2) is 72.9 Å². The minimum atomic E-state index is -1.79. The molecule has 1 amide bonds. The number of amides is 1. The molecule has 2 aliphatic heterocycles. The Hall–Kier alpha value is -2.57. The first kappa shape index (κ1) is 69.5. The molecule has 0 spiro atoms. The highest BCUT2D eigenvalue weighted by molar-refractivity contribution is 5.76. The summed E-state index contributed by atoms with van der Waals surface area (Å²) in [6.45, 7) is 2.70. The van der Waals surface area contributed by atoms with Crippen molar-refractivity contribution in [2.75, 3.05) is 19.8 Å². The average molecular weight is 1080 g/mol. The fourth-order valence-corrected chi connectivity index (χ4v) is 9.61. The smallest absolute Gasteiger partial charge is 0.220 e. The van der Waals surface area contributed by atoms with Crippen molar-refractivity contribution in [3.05, 3.63) is 72.9 Å². The van der Waals surface area contributed by atoms with Crippen molar-refractivity contribution in [3.63, 3.8) is 0 Å². The van der Waals surface area contributed by atoms with Gasteiger partial charge in [0.15, 0.2) is 12.6 Å². The molecular formula is C62H109NO13. The molecule has 440 valence electrons. The van der Waals surface area contributed by atoms with Gasteiger partial charge in [-0.2, -0.15) is 0 Å². The zero-order valence-corrected chi connectivity index (χ0v) is 47.2. The summed E-state index contributed by atoms with van der Waals surface area (Å²) in [6, 6.07) is -0.874. The number of ether oxygens (including phenoxy) is 4. The first-order valence-electron chi connectivity index (χ1n) is 30.2. The Kier molecular flexibility index (Phi) is 43.2. The third kappa shape index (κ3) is 32.5. The monoisotopic (exact) mass is 1080 g/mol. The van der Waals surface area contributed by atoms with E-state index in [0.717, 1.165) is 64.2 Å². The Morgan fingerprint density at radius 2 is 0.882 bits per heavy atom. The Morgan fingerprint density at radius 3 is 1.32 bits per heavy atom. The molecule has 0 aliphatic carbocycles. The van der Waals surface area contributed by atoms with Gasteiger partial charge in [0.1, 0.15) is 48.8 Å². The second kappa shape index (κ2) is 47.3. The van der Waals surface area contributed by atoms with Crippen LogP contribution in [0.5, 0.6) is 0 Å². The minimum Gasteiger partial charge on any atom is -0.394 e. The largest absolute Gasteiger partial charge is 0.394 e. The number of nitrogens with one attached hydrogen (secondary N) is 1. The fourth-order valence-electron chi connectivity index (χ4n) is 9.61. The number of carbonyl (C=O) groups excluding carboxylic acids is 1. The molecule has 0 aromatic carbocycles. The van der Waals surface area contributed by atoms with Crippen LogP contribution in [0.25, 0.3) is 0 Å². The SMILES string of the molecule is CC/C=C\C/C=C\C/C=C\C/C=C\C/C=C\C/C=C\CCC(=O)NC(COC1OC(CO)C(OC2OC(CO)C(O)C(O)C2O)C(O)C1O)C(O)CCCCCCCCCCCCCCCCCCCCCCCCC. The minimum absolute atomic E-state index is 0.176. The molecule has 0 bridgehead atoms. The van der Waals surface area contributed by atoms with Gasteiger partial charge in [0.2, 0.25) is 5.91 Å². The van der Waals surface area contributed by atoms with E-state index in [1.54, 1.807) is 0 Å². The average Bonchev–Trinajstić information content (AvgIpc) is 3.42. The van der Waals surface area contributed by atoms with E-state index in [-0.39, 0.29) is 18.9 Å². The molecule has 0 saturated carbocycles. The normalized spacial score (nSPS) is 25.4. The van der Waals surface area contributed by atoms with E-state index in [1.165, 1.54) is 122 Å². The molecule has 2 rings (SSSR count). The molecule has 2 fully saturated rings. The Morgan fingerprint density at radius 1 is 0.487 bits per heavy atom. The first-order valence-corrected chi connectivity index (χ1v) is 30.2. The molecule has 9 N–H and O–H groups in total. The third-order valence-corrected chi connectivity index (χ3v) is 14.4. The van der Waals surface area contributed by atoms with Gasteiger partial charge in [-0.3, -0.25) is 4.79 Å². The van der Waals surface area contributed by atoms with Crippen molar-refractivity contribution in [2.45, 2.75) is 293 Å². The highest BCUT2D eigenvalue weighted by atomic mass is 16.7. The van der Waals surface area contributed by atoms with E-state index < -0.39 is 86.8 Å². The van der Waals surface area contributed by atoms with Gasteiger partial charge in [-0.25, -0.2) is 0 Å². The number of aliphatic hydroxyl groups is 8. The molecule has 14 heteroatoms. The van der Waals surface area contributed by atoms with Crippen molar-refractivity contribution in [1.82, 2.24) is 5.32 Å². The van der Waals surface area contributed by atoms with Gasteiger partial charge >= 0.3 is 0 Å². The zero-order chi connectivity index (χ0) is 55.3. The second-order valence-corrected chi connectivity index (χ2v) is 21.1. The van der Waals surface area contributed by atoms with Gasteiger partial charge in [0.05, 0.1) is 32.0 Å². The number of allylic oxidation sites excluding steroid dienone is 12. The zero-order valence-electron chi connectivity index (χ0n) is 47.2. The van der Waals surface area contributed by atoms with E-state index >= 15 is 0 Å². The number of hydrogen-bond acceptors (Lipinski definition) is 13. The molecule has 0 radical (unpaired) electrons. The maximum absolute atomic E-state index is 13.2. The summed E-state index contributed by atoms with van der Waals surface area (Å²) in [7, 11) is 0. The summed E-state index contributed by atoms with van der Waals surface area (Å²) in [4.78, 5) is 13.2. The van der Waals surface area contributed by atoms with Crippen LogP contribution < -0.4 is 5.32 Å². The van der Waals surface area contributed by atoms with Crippen LogP contribution in [0.3, 0.4) is 0 Å². The van der Waals surface area contributed by atoms with Crippen molar-refractivity contribution in [2.24, 2.45) is 0 Å². The van der Waals surface area contributed by atoms with Gasteiger partial charge < -0.3 is 65.1 Å². The molecular weight excluding hydrogens is 967 g/mol. The lowest BCUT2D eigenvalue weighted by Crippen LogP contribution is -2.65. The van der Waals surface area contributed by atoms with Gasteiger partial charge in [0, 0.05) is 6.42 Å². The van der Waals surface area contributed by atoms with Crippen LogP contribution in [0.4, 0.5) is 0 Å². The van der Waals surface area contributed by atoms with E-state index in [4.69, 9.17) is 18.9 Å². The maximum atomic E-state index is 13.2. The number of rotatable bonds is 47. The molecule has 2 heterocycles. The molecule has 2 aliphatic rings. The van der Waals surface area contributed by atoms with Gasteiger partial charge in [0.25, 0.3) is 0 Å². The van der Waals surface area contributed by atoms with E-state index in [1.807, 2.05) is 12.2 Å². The van der Waals surface area contributed by atoms with E-state index in [2.05, 4.69) is 79.9 Å². The van der Waals surface area contributed by atoms with E-state index in [0.29, 0.717) is 12.8 Å². The molecule has 0 aromatic rings. The summed E-state index contributed by atoms with van der Waals surface area (Å²) < 4.78 is 22.8. The Labute approximate surface area is 459 Å². The molecule has 0 aromatic heterocycles. The highest BCUT2D eigenvalue weighted by Gasteiger charge is 2.51. The van der Waals surface area contributed by atoms with Crippen LogP contribution in [0.1, 0.15) is 219 Å².